The predicted octanol–water partition coefficient (Wildman–Crippen LogP) is 2.55. The normalized spacial score (nSPS) is 10.4. The Balaban J connectivity index is 1.96. The molecule has 0 aliphatic heterocycles. The highest BCUT2D eigenvalue weighted by molar-refractivity contribution is 7.18. The minimum atomic E-state index is -0.438. The number of ether oxygens (including phenoxy) is 1. The third-order valence-corrected chi connectivity index (χ3v) is 4.05. The summed E-state index contributed by atoms with van der Waals surface area (Å²) in [5, 5.41) is 5.77. The van der Waals surface area contributed by atoms with Gasteiger partial charge in [-0.2, -0.15) is 0 Å². The summed E-state index contributed by atoms with van der Waals surface area (Å²) in [6.45, 7) is 0. The van der Waals surface area contributed by atoms with E-state index in [0.29, 0.717) is 15.4 Å². The maximum absolute atomic E-state index is 11.9. The number of carbonyl (C=O) groups is 3. The van der Waals surface area contributed by atoms with Crippen LogP contribution in [-0.2, 0) is 9.53 Å². The van der Waals surface area contributed by atoms with Crippen molar-refractivity contribution in [1.29, 1.82) is 0 Å². The van der Waals surface area contributed by atoms with Gasteiger partial charge >= 0.3 is 5.97 Å². The molecule has 6 nitrogen and oxygen atoms in total. The van der Waals surface area contributed by atoms with Crippen LogP contribution in [0.2, 0.25) is 0 Å². The van der Waals surface area contributed by atoms with Crippen molar-refractivity contribution >= 4 is 40.2 Å². The zero-order valence-corrected chi connectivity index (χ0v) is 14.0. The minimum Gasteiger partial charge on any atom is -0.465 e. The summed E-state index contributed by atoms with van der Waals surface area (Å²) in [7, 11) is 2.87. The largest absolute Gasteiger partial charge is 0.465 e. The van der Waals surface area contributed by atoms with Crippen LogP contribution in [0.15, 0.2) is 42.5 Å². The summed E-state index contributed by atoms with van der Waals surface area (Å²) in [5.74, 6) is -0.918. The van der Waals surface area contributed by atoms with Gasteiger partial charge in [-0.05, 0) is 35.9 Å². The summed E-state index contributed by atoms with van der Waals surface area (Å²) in [6, 6.07) is 10.1. The van der Waals surface area contributed by atoms with Gasteiger partial charge in [0.15, 0.2) is 0 Å². The molecule has 0 radical (unpaired) electrons. The van der Waals surface area contributed by atoms with E-state index in [2.05, 4.69) is 15.4 Å². The Kier molecular flexibility index (Phi) is 5.86. The molecule has 0 saturated carbocycles. The van der Waals surface area contributed by atoms with Crippen molar-refractivity contribution in [2.75, 3.05) is 19.5 Å². The number of nitrogens with one attached hydrogen (secondary N) is 2. The van der Waals surface area contributed by atoms with Crippen LogP contribution in [0, 0.1) is 0 Å². The monoisotopic (exact) mass is 344 g/mol. The van der Waals surface area contributed by atoms with Crippen LogP contribution < -0.4 is 10.6 Å². The Morgan fingerprint density at radius 2 is 1.79 bits per heavy atom. The van der Waals surface area contributed by atoms with Gasteiger partial charge in [0, 0.05) is 18.7 Å². The number of thiophene rings is 1. The number of benzene rings is 1. The molecule has 2 N–H and O–H groups in total. The quantitative estimate of drug-likeness (QED) is 0.645. The van der Waals surface area contributed by atoms with E-state index in [1.54, 1.807) is 49.5 Å². The average Bonchev–Trinajstić information content (AvgIpc) is 3.07. The molecule has 24 heavy (non-hydrogen) atoms. The third kappa shape index (κ3) is 4.53. The molecule has 1 aromatic carbocycles. The highest BCUT2D eigenvalue weighted by atomic mass is 32.1. The smallest absolute Gasteiger partial charge is 0.348 e. The molecule has 2 aromatic rings. The van der Waals surface area contributed by atoms with Crippen LogP contribution in [-0.4, -0.2) is 31.9 Å². The molecular formula is C17H16N2O4S. The lowest BCUT2D eigenvalue weighted by atomic mass is 10.1. The Bertz CT molecular complexity index is 778. The van der Waals surface area contributed by atoms with Gasteiger partial charge in [-0.25, -0.2) is 4.79 Å². The molecule has 0 fully saturated rings. The first-order valence-electron chi connectivity index (χ1n) is 7.03. The lowest BCUT2D eigenvalue weighted by molar-refractivity contribution is -0.111. The van der Waals surface area contributed by atoms with Crippen molar-refractivity contribution in [3.63, 3.8) is 0 Å². The highest BCUT2D eigenvalue weighted by Crippen LogP contribution is 2.22. The van der Waals surface area contributed by atoms with Gasteiger partial charge in [-0.15, -0.1) is 11.3 Å². The molecule has 0 spiro atoms. The SMILES string of the molecule is CNC(=O)c1ccc(/C=C\C(=O)Nc2ccc(C(=O)OC)s2)cc1. The van der Waals surface area contributed by atoms with Crippen molar-refractivity contribution in [2.24, 2.45) is 0 Å². The van der Waals surface area contributed by atoms with Gasteiger partial charge in [-0.3, -0.25) is 9.59 Å². The molecule has 7 heteroatoms. The van der Waals surface area contributed by atoms with Gasteiger partial charge in [-0.1, -0.05) is 12.1 Å². The molecule has 0 unspecified atom stereocenters. The molecule has 2 amide bonds. The van der Waals surface area contributed by atoms with E-state index >= 15 is 0 Å². The van der Waals surface area contributed by atoms with Crippen LogP contribution in [0.5, 0.6) is 0 Å². The van der Waals surface area contributed by atoms with Gasteiger partial charge in [0.2, 0.25) is 5.91 Å². The summed E-state index contributed by atoms with van der Waals surface area (Å²) in [5.41, 5.74) is 1.34. The molecule has 0 aliphatic carbocycles. The number of amides is 2. The standard InChI is InChI=1S/C17H16N2O4S/c1-18-16(21)12-6-3-11(4-7-12)5-9-14(20)19-15-10-8-13(24-15)17(22)23-2/h3-10H,1-2H3,(H,18,21)(H,19,20)/b9-5-. The van der Waals surface area contributed by atoms with Crippen LogP contribution in [0.25, 0.3) is 6.08 Å². The Labute approximate surface area is 143 Å². The van der Waals surface area contributed by atoms with Crippen LogP contribution >= 0.6 is 11.3 Å². The molecule has 0 aliphatic rings. The topological polar surface area (TPSA) is 84.5 Å². The van der Waals surface area contributed by atoms with E-state index in [0.717, 1.165) is 16.9 Å². The van der Waals surface area contributed by atoms with Crippen molar-refractivity contribution in [3.8, 4) is 0 Å². The summed E-state index contributed by atoms with van der Waals surface area (Å²) in [4.78, 5) is 35.1. The molecule has 2 rings (SSSR count). The fourth-order valence-electron chi connectivity index (χ4n) is 1.84. The number of methoxy groups -OCH3 is 1. The highest BCUT2D eigenvalue weighted by Gasteiger charge is 2.09. The third-order valence-electron chi connectivity index (χ3n) is 3.07. The van der Waals surface area contributed by atoms with Gasteiger partial charge in [0.1, 0.15) is 4.88 Å². The molecule has 1 aromatic heterocycles. The van der Waals surface area contributed by atoms with Gasteiger partial charge in [0.25, 0.3) is 5.91 Å². The molecule has 0 saturated heterocycles. The maximum atomic E-state index is 11.9. The van der Waals surface area contributed by atoms with Crippen LogP contribution in [0.1, 0.15) is 25.6 Å². The summed E-state index contributed by atoms with van der Waals surface area (Å²) >= 11 is 1.14. The molecule has 1 heterocycles. The number of rotatable bonds is 5. The Morgan fingerprint density at radius 1 is 1.08 bits per heavy atom. The lowest BCUT2D eigenvalue weighted by Crippen LogP contribution is -2.17. The van der Waals surface area contributed by atoms with E-state index in [4.69, 9.17) is 0 Å². The average molecular weight is 344 g/mol. The van der Waals surface area contributed by atoms with Crippen LogP contribution in [0.4, 0.5) is 5.00 Å². The van der Waals surface area contributed by atoms with E-state index in [1.165, 1.54) is 13.2 Å². The first-order valence-corrected chi connectivity index (χ1v) is 7.84. The molecule has 0 bridgehead atoms. The van der Waals surface area contributed by atoms with Crippen molar-refractivity contribution < 1.29 is 19.1 Å². The van der Waals surface area contributed by atoms with Crippen molar-refractivity contribution in [3.05, 3.63) is 58.5 Å². The number of esters is 1. The van der Waals surface area contributed by atoms with Gasteiger partial charge in [0.05, 0.1) is 12.1 Å². The summed E-state index contributed by atoms with van der Waals surface area (Å²) < 4.78 is 4.61. The van der Waals surface area contributed by atoms with E-state index in [1.807, 2.05) is 0 Å². The molecule has 0 atom stereocenters. The number of hydrogen-bond acceptors (Lipinski definition) is 5. The second-order valence-corrected chi connectivity index (χ2v) is 5.76. The molecule has 124 valence electrons. The van der Waals surface area contributed by atoms with E-state index < -0.39 is 5.97 Å². The summed E-state index contributed by atoms with van der Waals surface area (Å²) in [6.07, 6.45) is 3.02. The second kappa shape index (κ2) is 8.07. The zero-order valence-electron chi connectivity index (χ0n) is 13.2. The number of anilines is 1. The predicted molar refractivity (Wildman–Crippen MR) is 93.2 cm³/mol. The molecular weight excluding hydrogens is 328 g/mol. The Hall–Kier alpha value is -2.93. The first-order chi connectivity index (χ1) is 11.5. The van der Waals surface area contributed by atoms with Crippen LogP contribution in [0.3, 0.4) is 0 Å². The number of carbonyl (C=O) groups excluding carboxylic acids is 3. The maximum Gasteiger partial charge on any atom is 0.348 e. The van der Waals surface area contributed by atoms with E-state index in [9.17, 15) is 14.4 Å². The van der Waals surface area contributed by atoms with E-state index in [-0.39, 0.29) is 11.8 Å². The first kappa shape index (κ1) is 17.4. The van der Waals surface area contributed by atoms with Crippen molar-refractivity contribution in [2.45, 2.75) is 0 Å². The fourth-order valence-corrected chi connectivity index (χ4v) is 2.67. The zero-order chi connectivity index (χ0) is 17.5. The van der Waals surface area contributed by atoms with Crippen molar-refractivity contribution in [1.82, 2.24) is 5.32 Å². The fraction of sp³-hybridized carbons (Fsp3) is 0.118. The second-order valence-electron chi connectivity index (χ2n) is 4.68. The van der Waals surface area contributed by atoms with Gasteiger partial charge < -0.3 is 15.4 Å². The Morgan fingerprint density at radius 3 is 2.42 bits per heavy atom. The minimum absolute atomic E-state index is 0.164. The lowest BCUT2D eigenvalue weighted by Gasteiger charge is -2.00. The number of hydrogen-bond donors (Lipinski definition) is 2.